The number of H-pyrrole nitrogens is 1. The van der Waals surface area contributed by atoms with E-state index in [2.05, 4.69) is 33.2 Å². The first-order chi connectivity index (χ1) is 14.5. The van der Waals surface area contributed by atoms with Crippen molar-refractivity contribution in [2.24, 2.45) is 0 Å². The van der Waals surface area contributed by atoms with Crippen LogP contribution >= 0.6 is 27.3 Å². The van der Waals surface area contributed by atoms with E-state index in [0.29, 0.717) is 23.9 Å². The highest BCUT2D eigenvalue weighted by Gasteiger charge is 2.27. The highest BCUT2D eigenvalue weighted by Crippen LogP contribution is 2.34. The van der Waals surface area contributed by atoms with Crippen molar-refractivity contribution in [3.8, 4) is 5.75 Å². The summed E-state index contributed by atoms with van der Waals surface area (Å²) in [4.78, 5) is 32.6. The average molecular weight is 490 g/mol. The molecule has 1 aromatic carbocycles. The van der Waals surface area contributed by atoms with Crippen LogP contribution in [0.25, 0.3) is 10.9 Å². The van der Waals surface area contributed by atoms with E-state index in [-0.39, 0.29) is 18.4 Å². The number of ether oxygens (including phenoxy) is 1. The summed E-state index contributed by atoms with van der Waals surface area (Å²) in [6.07, 6.45) is 3.90. The van der Waals surface area contributed by atoms with Crippen LogP contribution in [0.2, 0.25) is 0 Å². The van der Waals surface area contributed by atoms with E-state index in [0.717, 1.165) is 27.9 Å². The molecule has 0 bridgehead atoms. The van der Waals surface area contributed by atoms with Gasteiger partial charge in [-0.25, -0.2) is 0 Å². The van der Waals surface area contributed by atoms with Gasteiger partial charge in [-0.2, -0.15) is 0 Å². The van der Waals surface area contributed by atoms with Gasteiger partial charge in [-0.05, 0) is 70.6 Å². The Kier molecular flexibility index (Phi) is 6.15. The number of likely N-dealkylation sites (tertiary alicyclic amines) is 1. The molecule has 6 nitrogen and oxygen atoms in total. The zero-order chi connectivity index (χ0) is 21.3. The van der Waals surface area contributed by atoms with Gasteiger partial charge in [0.05, 0.1) is 22.3 Å². The Bertz CT molecular complexity index is 1070. The summed E-state index contributed by atoms with van der Waals surface area (Å²) < 4.78 is 6.28. The number of hydrogen-bond acceptors (Lipinski definition) is 4. The van der Waals surface area contributed by atoms with E-state index in [1.165, 1.54) is 27.2 Å². The Morgan fingerprint density at radius 1 is 1.27 bits per heavy atom. The van der Waals surface area contributed by atoms with Crippen LogP contribution in [0.15, 0.2) is 40.3 Å². The second kappa shape index (κ2) is 8.81. The molecule has 1 fully saturated rings. The average Bonchev–Trinajstić information content (AvgIpc) is 3.38. The molecular weight excluding hydrogens is 466 g/mol. The van der Waals surface area contributed by atoms with Gasteiger partial charge in [0.15, 0.2) is 0 Å². The van der Waals surface area contributed by atoms with Crippen molar-refractivity contribution in [2.45, 2.75) is 18.8 Å². The second-order valence-corrected chi connectivity index (χ2v) is 10.0. The number of carbonyl (C=O) groups excluding carboxylic acids is 2. The molecular formula is C22H24BrN3O3S. The van der Waals surface area contributed by atoms with E-state index in [9.17, 15) is 9.59 Å². The number of thiophene rings is 1. The molecule has 2 aromatic heterocycles. The summed E-state index contributed by atoms with van der Waals surface area (Å²) in [6.45, 7) is 1.50. The van der Waals surface area contributed by atoms with E-state index in [1.54, 1.807) is 20.2 Å². The Hall–Kier alpha value is -2.32. The zero-order valence-electron chi connectivity index (χ0n) is 17.0. The normalized spacial score (nSPS) is 14.8. The van der Waals surface area contributed by atoms with E-state index in [4.69, 9.17) is 4.74 Å². The summed E-state index contributed by atoms with van der Waals surface area (Å²) >= 11 is 4.75. The largest absolute Gasteiger partial charge is 0.497 e. The van der Waals surface area contributed by atoms with Gasteiger partial charge < -0.3 is 19.5 Å². The maximum absolute atomic E-state index is 12.7. The summed E-state index contributed by atoms with van der Waals surface area (Å²) in [5, 5.41) is 1.19. The van der Waals surface area contributed by atoms with Gasteiger partial charge >= 0.3 is 0 Å². The Labute approximate surface area is 187 Å². The quantitative estimate of drug-likeness (QED) is 0.574. The minimum absolute atomic E-state index is 0.000479. The molecule has 30 heavy (non-hydrogen) atoms. The molecule has 1 saturated heterocycles. The fourth-order valence-electron chi connectivity index (χ4n) is 4.02. The van der Waals surface area contributed by atoms with Crippen LogP contribution in [0.1, 0.15) is 34.0 Å². The molecule has 1 aliphatic rings. The minimum Gasteiger partial charge on any atom is -0.497 e. The Morgan fingerprint density at radius 3 is 2.70 bits per heavy atom. The highest BCUT2D eigenvalue weighted by molar-refractivity contribution is 9.11. The zero-order valence-corrected chi connectivity index (χ0v) is 19.4. The number of likely N-dealkylation sites (N-methyl/N-ethyl adjacent to an activating group) is 1. The molecule has 0 radical (unpaired) electrons. The van der Waals surface area contributed by atoms with Crippen molar-refractivity contribution in [3.05, 3.63) is 50.8 Å². The van der Waals surface area contributed by atoms with E-state index < -0.39 is 0 Å². The number of benzene rings is 1. The molecule has 0 unspecified atom stereocenters. The van der Waals surface area contributed by atoms with Gasteiger partial charge in [0.25, 0.3) is 5.91 Å². The molecule has 158 valence electrons. The fourth-order valence-corrected chi connectivity index (χ4v) is 5.40. The number of carbonyl (C=O) groups is 2. The van der Waals surface area contributed by atoms with E-state index >= 15 is 0 Å². The molecule has 8 heteroatoms. The van der Waals surface area contributed by atoms with Crippen LogP contribution in [-0.2, 0) is 4.79 Å². The summed E-state index contributed by atoms with van der Waals surface area (Å²) in [5.41, 5.74) is 2.39. The SMILES string of the molecule is COc1ccc2[nH]cc(C3CCN(C(=O)CN(C)C(=O)c4ccc(Br)s4)CC3)c2c1. The van der Waals surface area contributed by atoms with Gasteiger partial charge in [-0.3, -0.25) is 9.59 Å². The van der Waals surface area contributed by atoms with Crippen LogP contribution in [0.4, 0.5) is 0 Å². The molecule has 0 aliphatic carbocycles. The summed E-state index contributed by atoms with van der Waals surface area (Å²) in [7, 11) is 3.36. The van der Waals surface area contributed by atoms with Gasteiger partial charge in [0, 0.05) is 37.2 Å². The number of nitrogens with one attached hydrogen (secondary N) is 1. The van der Waals surface area contributed by atoms with Crippen LogP contribution in [0.3, 0.4) is 0 Å². The molecule has 4 rings (SSSR count). The lowest BCUT2D eigenvalue weighted by molar-refractivity contribution is -0.132. The number of aromatic nitrogens is 1. The molecule has 0 saturated carbocycles. The van der Waals surface area contributed by atoms with Gasteiger partial charge in [0.2, 0.25) is 5.91 Å². The minimum atomic E-state index is -0.123. The molecule has 3 aromatic rings. The molecule has 2 amide bonds. The first kappa shape index (κ1) is 20.9. The van der Waals surface area contributed by atoms with Crippen molar-refractivity contribution in [1.82, 2.24) is 14.8 Å². The fraction of sp³-hybridized carbons (Fsp3) is 0.364. The number of rotatable bonds is 5. The van der Waals surface area contributed by atoms with Crippen LogP contribution in [-0.4, -0.2) is 60.4 Å². The maximum Gasteiger partial charge on any atom is 0.264 e. The number of aromatic amines is 1. The van der Waals surface area contributed by atoms with Crippen molar-refractivity contribution in [1.29, 1.82) is 0 Å². The third-order valence-corrected chi connectivity index (χ3v) is 7.32. The predicted octanol–water partition coefficient (Wildman–Crippen LogP) is 4.48. The third-order valence-electron chi connectivity index (χ3n) is 5.71. The smallest absolute Gasteiger partial charge is 0.264 e. The van der Waals surface area contributed by atoms with Gasteiger partial charge in [-0.1, -0.05) is 0 Å². The van der Waals surface area contributed by atoms with Crippen molar-refractivity contribution in [2.75, 3.05) is 33.8 Å². The van der Waals surface area contributed by atoms with Crippen LogP contribution < -0.4 is 4.74 Å². The lowest BCUT2D eigenvalue weighted by Gasteiger charge is -2.33. The number of nitrogens with zero attached hydrogens (tertiary/aromatic N) is 2. The lowest BCUT2D eigenvalue weighted by atomic mass is 9.89. The number of halogens is 1. The standard InChI is InChI=1S/C22H24BrN3O3S/c1-25(22(28)19-5-6-20(23)30-19)13-21(27)26-9-7-14(8-10-26)17-12-24-18-4-3-15(29-2)11-16(17)18/h3-6,11-12,14,24H,7-10,13H2,1-2H3. The highest BCUT2D eigenvalue weighted by atomic mass is 79.9. The predicted molar refractivity (Wildman–Crippen MR) is 122 cm³/mol. The van der Waals surface area contributed by atoms with Crippen LogP contribution in [0, 0.1) is 0 Å². The number of hydrogen-bond donors (Lipinski definition) is 1. The second-order valence-electron chi connectivity index (χ2n) is 7.58. The lowest BCUT2D eigenvalue weighted by Crippen LogP contribution is -2.44. The molecule has 0 atom stereocenters. The number of amides is 2. The molecule has 0 spiro atoms. The summed E-state index contributed by atoms with van der Waals surface area (Å²) in [5.74, 6) is 1.13. The number of fused-ring (bicyclic) bond motifs is 1. The maximum atomic E-state index is 12.7. The van der Waals surface area contributed by atoms with Gasteiger partial charge in [0.1, 0.15) is 5.75 Å². The van der Waals surface area contributed by atoms with Crippen LogP contribution in [0.5, 0.6) is 5.75 Å². The van der Waals surface area contributed by atoms with Crippen molar-refractivity contribution in [3.63, 3.8) is 0 Å². The molecule has 1 N–H and O–H groups in total. The molecule has 1 aliphatic heterocycles. The van der Waals surface area contributed by atoms with E-state index in [1.807, 2.05) is 23.1 Å². The molecule has 3 heterocycles. The number of piperidine rings is 1. The topological polar surface area (TPSA) is 65.6 Å². The Morgan fingerprint density at radius 2 is 2.03 bits per heavy atom. The Balaban J connectivity index is 1.36. The first-order valence-corrected chi connectivity index (χ1v) is 11.5. The monoisotopic (exact) mass is 489 g/mol. The van der Waals surface area contributed by atoms with Crippen molar-refractivity contribution >= 4 is 50.0 Å². The van der Waals surface area contributed by atoms with Crippen molar-refractivity contribution < 1.29 is 14.3 Å². The first-order valence-electron chi connectivity index (χ1n) is 9.90. The van der Waals surface area contributed by atoms with Gasteiger partial charge in [-0.15, -0.1) is 11.3 Å². The summed E-state index contributed by atoms with van der Waals surface area (Å²) in [6, 6.07) is 9.69. The number of methoxy groups -OCH3 is 1. The third kappa shape index (κ3) is 4.25.